The fourth-order valence-electron chi connectivity index (χ4n) is 1.68. The van der Waals surface area contributed by atoms with Crippen LogP contribution in [0.1, 0.15) is 33.1 Å². The van der Waals surface area contributed by atoms with E-state index in [-0.39, 0.29) is 5.41 Å². The number of benzene rings is 1. The van der Waals surface area contributed by atoms with Crippen LogP contribution in [0, 0.1) is 5.41 Å². The highest BCUT2D eigenvalue weighted by Gasteiger charge is 2.22. The molecule has 0 aliphatic heterocycles. The number of thioether (sulfide) groups is 1. The second-order valence-corrected chi connectivity index (χ2v) is 6.65. The number of unbranched alkanes of at least 4 members (excludes halogenated alkanes) is 1. The van der Waals surface area contributed by atoms with Crippen LogP contribution in [0.25, 0.3) is 0 Å². The van der Waals surface area contributed by atoms with Crippen molar-refractivity contribution in [3.8, 4) is 0 Å². The van der Waals surface area contributed by atoms with Crippen LogP contribution in [0.15, 0.2) is 34.3 Å². The van der Waals surface area contributed by atoms with E-state index >= 15 is 0 Å². The van der Waals surface area contributed by atoms with E-state index in [1.54, 1.807) is 11.8 Å². The lowest BCUT2D eigenvalue weighted by Crippen LogP contribution is -2.31. The summed E-state index contributed by atoms with van der Waals surface area (Å²) in [5.41, 5.74) is 5.41. The zero-order valence-electron chi connectivity index (χ0n) is 11.4. The quantitative estimate of drug-likeness (QED) is 0.196. The fourth-order valence-corrected chi connectivity index (χ4v) is 2.92. The van der Waals surface area contributed by atoms with Gasteiger partial charge >= 0.3 is 0 Å². The summed E-state index contributed by atoms with van der Waals surface area (Å²) >= 11 is 7.86. The monoisotopic (exact) mass is 300 g/mol. The van der Waals surface area contributed by atoms with Crippen molar-refractivity contribution >= 4 is 29.2 Å². The third-order valence-electron chi connectivity index (χ3n) is 3.09. The second-order valence-electron chi connectivity index (χ2n) is 5.11. The normalized spacial score (nSPS) is 12.7. The molecule has 0 saturated carbocycles. The Morgan fingerprint density at radius 3 is 2.68 bits per heavy atom. The third-order valence-corrected chi connectivity index (χ3v) is 4.69. The molecule has 1 rings (SSSR count). The van der Waals surface area contributed by atoms with Gasteiger partial charge in [0.1, 0.15) is 5.84 Å². The predicted octanol–water partition coefficient (Wildman–Crippen LogP) is 4.38. The SMILES string of the molecule is CC(C)(CCCCSc1ccccc1Cl)/C(N)=N/O. The average molecular weight is 301 g/mol. The predicted molar refractivity (Wildman–Crippen MR) is 83.2 cm³/mol. The first-order chi connectivity index (χ1) is 8.97. The molecule has 19 heavy (non-hydrogen) atoms. The van der Waals surface area contributed by atoms with Gasteiger partial charge in [-0.1, -0.05) is 49.2 Å². The van der Waals surface area contributed by atoms with Crippen molar-refractivity contribution in [3.63, 3.8) is 0 Å². The Morgan fingerprint density at radius 2 is 2.05 bits per heavy atom. The second kappa shape index (κ2) is 7.65. The van der Waals surface area contributed by atoms with E-state index in [0.29, 0.717) is 5.84 Å². The molecule has 0 heterocycles. The Kier molecular flexibility index (Phi) is 6.52. The van der Waals surface area contributed by atoms with Crippen LogP contribution in [-0.4, -0.2) is 16.8 Å². The number of rotatable bonds is 7. The van der Waals surface area contributed by atoms with Crippen LogP contribution in [-0.2, 0) is 0 Å². The van der Waals surface area contributed by atoms with E-state index in [1.165, 1.54) is 0 Å². The number of halogens is 1. The Labute approximate surface area is 124 Å². The Balaban J connectivity index is 2.27. The molecular formula is C14H21ClN2OS. The van der Waals surface area contributed by atoms with Gasteiger partial charge in [0.05, 0.1) is 5.02 Å². The topological polar surface area (TPSA) is 58.6 Å². The molecule has 0 bridgehead atoms. The molecule has 3 N–H and O–H groups in total. The van der Waals surface area contributed by atoms with Gasteiger partial charge in [-0.3, -0.25) is 0 Å². The molecule has 0 fully saturated rings. The van der Waals surface area contributed by atoms with Crippen LogP contribution in [0.4, 0.5) is 0 Å². The number of hydrogen-bond acceptors (Lipinski definition) is 3. The Bertz CT molecular complexity index is 435. The molecule has 0 amide bonds. The molecule has 0 aliphatic carbocycles. The molecule has 0 aromatic heterocycles. The van der Waals surface area contributed by atoms with Gasteiger partial charge in [0.2, 0.25) is 0 Å². The first-order valence-electron chi connectivity index (χ1n) is 6.32. The molecule has 106 valence electrons. The standard InChI is InChI=1S/C14H21ClN2OS/c1-14(2,13(16)17-18)9-5-6-10-19-12-8-4-3-7-11(12)15/h3-4,7-8,18H,5-6,9-10H2,1-2H3,(H2,16,17). The van der Waals surface area contributed by atoms with Crippen molar-refractivity contribution < 1.29 is 5.21 Å². The van der Waals surface area contributed by atoms with Crippen molar-refractivity contribution in [2.75, 3.05) is 5.75 Å². The number of oxime groups is 1. The van der Waals surface area contributed by atoms with Crippen molar-refractivity contribution in [1.82, 2.24) is 0 Å². The van der Waals surface area contributed by atoms with Crippen LogP contribution >= 0.6 is 23.4 Å². The lowest BCUT2D eigenvalue weighted by Gasteiger charge is -2.22. The molecule has 0 radical (unpaired) electrons. The zero-order chi connectivity index (χ0) is 14.3. The Morgan fingerprint density at radius 1 is 1.37 bits per heavy atom. The van der Waals surface area contributed by atoms with Gasteiger partial charge in [-0.05, 0) is 30.7 Å². The number of amidine groups is 1. The van der Waals surface area contributed by atoms with E-state index in [1.807, 2.05) is 38.1 Å². The minimum atomic E-state index is -0.246. The number of nitrogens with two attached hydrogens (primary N) is 1. The third kappa shape index (κ3) is 5.33. The largest absolute Gasteiger partial charge is 0.409 e. The summed E-state index contributed by atoms with van der Waals surface area (Å²) in [6.07, 6.45) is 3.03. The van der Waals surface area contributed by atoms with Gasteiger partial charge in [0.25, 0.3) is 0 Å². The summed E-state index contributed by atoms with van der Waals surface area (Å²) in [4.78, 5) is 1.12. The van der Waals surface area contributed by atoms with Gasteiger partial charge in [-0.15, -0.1) is 11.8 Å². The molecule has 0 aliphatic rings. The van der Waals surface area contributed by atoms with E-state index in [4.69, 9.17) is 22.5 Å². The van der Waals surface area contributed by atoms with Crippen LogP contribution in [0.5, 0.6) is 0 Å². The summed E-state index contributed by atoms with van der Waals surface area (Å²) in [7, 11) is 0. The minimum Gasteiger partial charge on any atom is -0.409 e. The maximum absolute atomic E-state index is 8.70. The highest BCUT2D eigenvalue weighted by Crippen LogP contribution is 2.29. The molecule has 0 saturated heterocycles. The number of hydrogen-bond donors (Lipinski definition) is 2. The van der Waals surface area contributed by atoms with E-state index in [0.717, 1.165) is 34.9 Å². The molecule has 5 heteroatoms. The number of nitrogens with zero attached hydrogens (tertiary/aromatic N) is 1. The van der Waals surface area contributed by atoms with Crippen molar-refractivity contribution in [2.24, 2.45) is 16.3 Å². The molecule has 0 atom stereocenters. The van der Waals surface area contributed by atoms with Crippen molar-refractivity contribution in [3.05, 3.63) is 29.3 Å². The summed E-state index contributed by atoms with van der Waals surface area (Å²) in [6.45, 7) is 3.98. The maximum Gasteiger partial charge on any atom is 0.144 e. The van der Waals surface area contributed by atoms with Crippen LogP contribution in [0.2, 0.25) is 5.02 Å². The van der Waals surface area contributed by atoms with Gasteiger partial charge < -0.3 is 10.9 Å². The summed E-state index contributed by atoms with van der Waals surface area (Å²) < 4.78 is 0. The summed E-state index contributed by atoms with van der Waals surface area (Å²) in [6, 6.07) is 7.88. The van der Waals surface area contributed by atoms with Crippen molar-refractivity contribution in [2.45, 2.75) is 38.0 Å². The average Bonchev–Trinajstić information content (AvgIpc) is 2.39. The van der Waals surface area contributed by atoms with E-state index in [9.17, 15) is 0 Å². The van der Waals surface area contributed by atoms with E-state index in [2.05, 4.69) is 5.16 Å². The summed E-state index contributed by atoms with van der Waals surface area (Å²) in [5, 5.41) is 12.6. The smallest absolute Gasteiger partial charge is 0.144 e. The molecule has 3 nitrogen and oxygen atoms in total. The van der Waals surface area contributed by atoms with Gasteiger partial charge in [-0.25, -0.2) is 0 Å². The molecule has 0 spiro atoms. The highest BCUT2D eigenvalue weighted by molar-refractivity contribution is 7.99. The molecule has 1 aromatic rings. The van der Waals surface area contributed by atoms with Crippen LogP contribution < -0.4 is 5.73 Å². The molecule has 0 unspecified atom stereocenters. The van der Waals surface area contributed by atoms with Crippen molar-refractivity contribution in [1.29, 1.82) is 0 Å². The minimum absolute atomic E-state index is 0.246. The molecule has 1 aromatic carbocycles. The fraction of sp³-hybridized carbons (Fsp3) is 0.500. The van der Waals surface area contributed by atoms with Gasteiger partial charge in [0, 0.05) is 10.3 Å². The lowest BCUT2D eigenvalue weighted by atomic mass is 9.86. The Hall–Kier alpha value is -0.870. The maximum atomic E-state index is 8.70. The highest BCUT2D eigenvalue weighted by atomic mass is 35.5. The first kappa shape index (κ1) is 16.2. The van der Waals surface area contributed by atoms with Gasteiger partial charge in [0.15, 0.2) is 0 Å². The van der Waals surface area contributed by atoms with Crippen LogP contribution in [0.3, 0.4) is 0 Å². The first-order valence-corrected chi connectivity index (χ1v) is 7.69. The summed E-state index contributed by atoms with van der Waals surface area (Å²) in [5.74, 6) is 1.32. The molecular weight excluding hydrogens is 280 g/mol. The zero-order valence-corrected chi connectivity index (χ0v) is 13.0. The van der Waals surface area contributed by atoms with E-state index < -0.39 is 0 Å². The van der Waals surface area contributed by atoms with Gasteiger partial charge in [-0.2, -0.15) is 0 Å². The lowest BCUT2D eigenvalue weighted by molar-refractivity contribution is 0.304.